The molecule has 0 saturated heterocycles. The Balaban J connectivity index is 2.04. The van der Waals surface area contributed by atoms with E-state index in [1.54, 1.807) is 18.2 Å². The van der Waals surface area contributed by atoms with Gasteiger partial charge in [-0.2, -0.15) is 0 Å². The van der Waals surface area contributed by atoms with E-state index in [2.05, 4.69) is 22.6 Å². The minimum Gasteiger partial charge on any atom is -0.478 e. The second-order valence-corrected chi connectivity index (χ2v) is 6.16. The van der Waals surface area contributed by atoms with Gasteiger partial charge in [0.2, 0.25) is 0 Å². The molecule has 0 atom stereocenters. The van der Waals surface area contributed by atoms with E-state index in [-0.39, 0.29) is 5.56 Å². The molecular weight excluding hydrogens is 316 g/mol. The summed E-state index contributed by atoms with van der Waals surface area (Å²) < 4.78 is 5.27. The maximum atomic E-state index is 11.4. The first kappa shape index (κ1) is 16.8. The number of para-hydroxylation sites is 1. The number of aromatic carboxylic acids is 1. The fraction of sp³-hybridized carbons (Fsp3) is 0.200. The maximum absolute atomic E-state index is 11.4. The number of hydrogen-bond donors (Lipinski definition) is 2. The van der Waals surface area contributed by atoms with Gasteiger partial charge >= 0.3 is 5.97 Å². The predicted molar refractivity (Wildman–Crippen MR) is 97.6 cm³/mol. The highest BCUT2D eigenvalue weighted by Gasteiger charge is 2.16. The molecule has 5 nitrogen and oxygen atoms in total. The van der Waals surface area contributed by atoms with E-state index in [4.69, 9.17) is 4.52 Å². The lowest BCUT2D eigenvalue weighted by molar-refractivity contribution is 0.0698. The summed E-state index contributed by atoms with van der Waals surface area (Å²) in [5.74, 6) is -0.168. The lowest BCUT2D eigenvalue weighted by Gasteiger charge is -2.16. The molecule has 1 aromatic heterocycles. The molecule has 0 amide bonds. The lowest BCUT2D eigenvalue weighted by Crippen LogP contribution is -2.04. The standard InChI is InChI=1S/C20H20N2O3/c1-11-9-15(18-13(3)22-25-14(18)4)10-12(2)19(11)21-17-8-6-5-7-16(17)20(23)24/h5-10,21H,1-4H3,(H,23,24). The molecule has 0 unspecified atom stereocenters. The molecule has 0 spiro atoms. The van der Waals surface area contributed by atoms with Crippen molar-refractivity contribution in [1.82, 2.24) is 5.16 Å². The summed E-state index contributed by atoms with van der Waals surface area (Å²) in [6.45, 7) is 7.82. The van der Waals surface area contributed by atoms with Crippen LogP contribution in [0.1, 0.15) is 32.9 Å². The van der Waals surface area contributed by atoms with Gasteiger partial charge in [0, 0.05) is 11.3 Å². The number of nitrogens with zero attached hydrogens (tertiary/aromatic N) is 1. The third-order valence-corrected chi connectivity index (χ3v) is 4.27. The van der Waals surface area contributed by atoms with Crippen LogP contribution in [0.15, 0.2) is 40.9 Å². The van der Waals surface area contributed by atoms with Crippen molar-refractivity contribution in [2.75, 3.05) is 5.32 Å². The van der Waals surface area contributed by atoms with E-state index in [1.807, 2.05) is 33.8 Å². The van der Waals surface area contributed by atoms with Gasteiger partial charge in [-0.15, -0.1) is 0 Å². The molecule has 3 rings (SSSR count). The second kappa shape index (κ2) is 6.43. The van der Waals surface area contributed by atoms with E-state index in [0.717, 1.165) is 39.4 Å². The fourth-order valence-electron chi connectivity index (χ4n) is 3.11. The summed E-state index contributed by atoms with van der Waals surface area (Å²) in [6.07, 6.45) is 0. The van der Waals surface area contributed by atoms with E-state index in [1.165, 1.54) is 0 Å². The molecule has 0 aliphatic rings. The second-order valence-electron chi connectivity index (χ2n) is 6.16. The van der Waals surface area contributed by atoms with Crippen LogP contribution in [0.4, 0.5) is 11.4 Å². The Morgan fingerprint density at radius 3 is 2.28 bits per heavy atom. The molecule has 2 aromatic carbocycles. The molecular formula is C20H20N2O3. The van der Waals surface area contributed by atoms with E-state index < -0.39 is 5.97 Å². The number of carboxylic acids is 1. The number of nitrogens with one attached hydrogen (secondary N) is 1. The van der Waals surface area contributed by atoms with Gasteiger partial charge in [-0.3, -0.25) is 0 Å². The van der Waals surface area contributed by atoms with Crippen LogP contribution in [0.25, 0.3) is 11.1 Å². The molecule has 0 fully saturated rings. The predicted octanol–water partition coefficient (Wildman–Crippen LogP) is 5.02. The summed E-state index contributed by atoms with van der Waals surface area (Å²) in [6, 6.07) is 11.0. The molecule has 5 heteroatoms. The highest BCUT2D eigenvalue weighted by atomic mass is 16.5. The fourth-order valence-corrected chi connectivity index (χ4v) is 3.11. The Kier molecular flexibility index (Phi) is 4.31. The number of hydrogen-bond acceptors (Lipinski definition) is 4. The number of anilines is 2. The average Bonchev–Trinajstić information content (AvgIpc) is 2.89. The molecule has 1 heterocycles. The van der Waals surface area contributed by atoms with Crippen molar-refractivity contribution in [1.29, 1.82) is 0 Å². The van der Waals surface area contributed by atoms with Crippen LogP contribution in [0.2, 0.25) is 0 Å². The van der Waals surface area contributed by atoms with E-state index in [0.29, 0.717) is 5.69 Å². The first-order valence-electron chi connectivity index (χ1n) is 8.02. The Morgan fingerprint density at radius 1 is 1.08 bits per heavy atom. The molecule has 0 aliphatic heterocycles. The first-order chi connectivity index (χ1) is 11.9. The highest BCUT2D eigenvalue weighted by Crippen LogP contribution is 2.34. The summed E-state index contributed by atoms with van der Waals surface area (Å²) >= 11 is 0. The van der Waals surface area contributed by atoms with Gasteiger partial charge in [-0.1, -0.05) is 17.3 Å². The van der Waals surface area contributed by atoms with Gasteiger partial charge in [0.05, 0.1) is 16.9 Å². The van der Waals surface area contributed by atoms with Gasteiger partial charge in [-0.05, 0) is 68.7 Å². The number of carboxylic acid groups (broad SMARTS) is 1. The zero-order valence-electron chi connectivity index (χ0n) is 14.7. The summed E-state index contributed by atoms with van der Waals surface area (Å²) in [5.41, 5.74) is 6.68. The van der Waals surface area contributed by atoms with Crippen LogP contribution >= 0.6 is 0 Å². The van der Waals surface area contributed by atoms with Crippen molar-refractivity contribution in [2.24, 2.45) is 0 Å². The molecule has 25 heavy (non-hydrogen) atoms. The lowest BCUT2D eigenvalue weighted by atomic mass is 9.97. The minimum atomic E-state index is -0.953. The van der Waals surface area contributed by atoms with Crippen LogP contribution in [0.5, 0.6) is 0 Å². The number of carbonyl (C=O) groups is 1. The molecule has 0 radical (unpaired) electrons. The van der Waals surface area contributed by atoms with E-state index >= 15 is 0 Å². The van der Waals surface area contributed by atoms with Crippen molar-refractivity contribution in [2.45, 2.75) is 27.7 Å². The van der Waals surface area contributed by atoms with Gasteiger partial charge in [-0.25, -0.2) is 4.79 Å². The van der Waals surface area contributed by atoms with Crippen molar-refractivity contribution >= 4 is 17.3 Å². The molecule has 0 aliphatic carbocycles. The van der Waals surface area contributed by atoms with Crippen LogP contribution in [0.3, 0.4) is 0 Å². The van der Waals surface area contributed by atoms with Gasteiger partial charge < -0.3 is 14.9 Å². The molecule has 3 aromatic rings. The third kappa shape index (κ3) is 3.13. The molecule has 0 saturated carbocycles. The topological polar surface area (TPSA) is 75.4 Å². The maximum Gasteiger partial charge on any atom is 0.337 e. The highest BCUT2D eigenvalue weighted by molar-refractivity contribution is 5.95. The summed E-state index contributed by atoms with van der Waals surface area (Å²) in [4.78, 5) is 11.4. The number of rotatable bonds is 4. The van der Waals surface area contributed by atoms with Crippen LogP contribution in [-0.4, -0.2) is 16.2 Å². The molecule has 128 valence electrons. The van der Waals surface area contributed by atoms with Crippen molar-refractivity contribution in [3.63, 3.8) is 0 Å². The molecule has 0 bridgehead atoms. The van der Waals surface area contributed by atoms with Crippen LogP contribution in [0, 0.1) is 27.7 Å². The number of aryl methyl sites for hydroxylation is 4. The zero-order chi connectivity index (χ0) is 18.1. The Bertz CT molecular complexity index is 915. The minimum absolute atomic E-state index is 0.246. The van der Waals surface area contributed by atoms with Crippen molar-refractivity contribution in [3.8, 4) is 11.1 Å². The normalized spacial score (nSPS) is 10.7. The number of benzene rings is 2. The smallest absolute Gasteiger partial charge is 0.337 e. The van der Waals surface area contributed by atoms with Crippen molar-refractivity contribution < 1.29 is 14.4 Å². The van der Waals surface area contributed by atoms with Gasteiger partial charge in [0.1, 0.15) is 5.76 Å². The van der Waals surface area contributed by atoms with Gasteiger partial charge in [0.25, 0.3) is 0 Å². The largest absolute Gasteiger partial charge is 0.478 e. The van der Waals surface area contributed by atoms with Crippen molar-refractivity contribution in [3.05, 3.63) is 64.5 Å². The quantitative estimate of drug-likeness (QED) is 0.700. The third-order valence-electron chi connectivity index (χ3n) is 4.27. The Labute approximate surface area is 146 Å². The Hall–Kier alpha value is -3.08. The summed E-state index contributed by atoms with van der Waals surface area (Å²) in [7, 11) is 0. The SMILES string of the molecule is Cc1cc(-c2c(C)noc2C)cc(C)c1Nc1ccccc1C(=O)O. The van der Waals surface area contributed by atoms with Gasteiger partial charge in [0.15, 0.2) is 0 Å². The van der Waals surface area contributed by atoms with Crippen LogP contribution in [-0.2, 0) is 0 Å². The average molecular weight is 336 g/mol. The number of aromatic nitrogens is 1. The summed E-state index contributed by atoms with van der Waals surface area (Å²) in [5, 5.41) is 16.6. The van der Waals surface area contributed by atoms with Crippen LogP contribution < -0.4 is 5.32 Å². The monoisotopic (exact) mass is 336 g/mol. The first-order valence-corrected chi connectivity index (χ1v) is 8.02. The molecule has 2 N–H and O–H groups in total. The zero-order valence-corrected chi connectivity index (χ0v) is 14.7. The van der Waals surface area contributed by atoms with E-state index in [9.17, 15) is 9.90 Å². The Morgan fingerprint density at radius 2 is 1.72 bits per heavy atom.